The molecule has 0 aliphatic carbocycles. The van der Waals surface area contributed by atoms with E-state index in [1.165, 1.54) is 4.90 Å². The van der Waals surface area contributed by atoms with E-state index in [0.29, 0.717) is 31.4 Å². The average molecular weight is 326 g/mol. The lowest BCUT2D eigenvalue weighted by atomic mass is 10.0. The van der Waals surface area contributed by atoms with E-state index in [-0.39, 0.29) is 24.8 Å². The first-order valence-corrected chi connectivity index (χ1v) is 7.97. The third kappa shape index (κ3) is 3.17. The summed E-state index contributed by atoms with van der Waals surface area (Å²) < 4.78 is 0. The Morgan fingerprint density at radius 2 is 2.12 bits per heavy atom. The van der Waals surface area contributed by atoms with E-state index in [2.05, 4.69) is 17.2 Å². The van der Waals surface area contributed by atoms with E-state index >= 15 is 0 Å². The number of nitrogens with zero attached hydrogens (tertiary/aromatic N) is 1. The van der Waals surface area contributed by atoms with Crippen LogP contribution in [0.1, 0.15) is 47.2 Å². The van der Waals surface area contributed by atoms with E-state index in [4.69, 9.17) is 5.11 Å². The van der Waals surface area contributed by atoms with Gasteiger partial charge in [-0.15, -0.1) is 0 Å². The number of amides is 3. The van der Waals surface area contributed by atoms with Gasteiger partial charge in [-0.1, -0.05) is 17.9 Å². The normalized spacial score (nSPS) is 19.6. The number of unbranched alkanes of at least 4 members (excludes halogenated alkanes) is 1. The summed E-state index contributed by atoms with van der Waals surface area (Å²) in [6, 6.07) is 4.86. The largest absolute Gasteiger partial charge is 0.396 e. The molecule has 6 nitrogen and oxygen atoms in total. The van der Waals surface area contributed by atoms with Gasteiger partial charge in [-0.2, -0.15) is 0 Å². The lowest BCUT2D eigenvalue weighted by Crippen LogP contribution is -2.52. The van der Waals surface area contributed by atoms with Gasteiger partial charge in [-0.05, 0) is 30.5 Å². The molecule has 3 rings (SSSR count). The van der Waals surface area contributed by atoms with Crippen molar-refractivity contribution in [3.05, 3.63) is 34.9 Å². The molecule has 2 N–H and O–H groups in total. The fourth-order valence-corrected chi connectivity index (χ4v) is 2.96. The number of carbonyl (C=O) groups excluding carboxylic acids is 3. The fraction of sp³-hybridized carbons (Fsp3) is 0.389. The number of carbonyl (C=O) groups is 3. The zero-order valence-electron chi connectivity index (χ0n) is 13.2. The van der Waals surface area contributed by atoms with Gasteiger partial charge < -0.3 is 10.0 Å². The minimum Gasteiger partial charge on any atom is -0.396 e. The summed E-state index contributed by atoms with van der Waals surface area (Å²) in [5.41, 5.74) is 2.17. The number of hydrogen-bond donors (Lipinski definition) is 2. The standard InChI is InChI=1S/C18H18N2O4/c21-9-3-1-2-4-12-5-6-13-11-20(18(24)14(13)10-12)15-7-8-16(22)19-17(15)23/h5-6,10,15,21H,1,3,7-9,11H2,(H,19,22,23). The maximum Gasteiger partial charge on any atom is 0.255 e. The molecule has 1 saturated heterocycles. The number of aliphatic hydroxyl groups excluding tert-OH is 1. The van der Waals surface area contributed by atoms with Gasteiger partial charge in [-0.25, -0.2) is 0 Å². The summed E-state index contributed by atoms with van der Waals surface area (Å²) in [4.78, 5) is 37.4. The van der Waals surface area contributed by atoms with Gasteiger partial charge in [-0.3, -0.25) is 19.7 Å². The number of piperidine rings is 1. The molecule has 2 aliphatic rings. The van der Waals surface area contributed by atoms with Crippen molar-refractivity contribution in [2.24, 2.45) is 0 Å². The maximum absolute atomic E-state index is 12.6. The molecule has 1 atom stereocenters. The predicted octanol–water partition coefficient (Wildman–Crippen LogP) is 0.572. The molecule has 1 aromatic carbocycles. The van der Waals surface area contributed by atoms with Crippen molar-refractivity contribution < 1.29 is 19.5 Å². The minimum atomic E-state index is -0.596. The average Bonchev–Trinajstić information content (AvgIpc) is 2.88. The van der Waals surface area contributed by atoms with Crippen molar-refractivity contribution in [3.8, 4) is 11.8 Å². The Morgan fingerprint density at radius 3 is 2.88 bits per heavy atom. The zero-order chi connectivity index (χ0) is 17.1. The van der Waals surface area contributed by atoms with E-state index in [9.17, 15) is 14.4 Å². The van der Waals surface area contributed by atoms with Crippen LogP contribution in [0.3, 0.4) is 0 Å². The van der Waals surface area contributed by atoms with Crippen LogP contribution < -0.4 is 5.32 Å². The Hall–Kier alpha value is -2.65. The third-order valence-electron chi connectivity index (χ3n) is 4.22. The highest BCUT2D eigenvalue weighted by molar-refractivity contribution is 6.05. The second kappa shape index (κ2) is 6.85. The van der Waals surface area contributed by atoms with Gasteiger partial charge in [0, 0.05) is 37.1 Å². The number of aliphatic hydroxyl groups is 1. The molecule has 6 heteroatoms. The minimum absolute atomic E-state index is 0.109. The maximum atomic E-state index is 12.6. The molecule has 124 valence electrons. The molecule has 0 bridgehead atoms. The summed E-state index contributed by atoms with van der Waals surface area (Å²) >= 11 is 0. The van der Waals surface area contributed by atoms with E-state index in [0.717, 1.165) is 11.1 Å². The quantitative estimate of drug-likeness (QED) is 0.483. The fourth-order valence-electron chi connectivity index (χ4n) is 2.96. The highest BCUT2D eigenvalue weighted by atomic mass is 16.3. The molecular weight excluding hydrogens is 308 g/mol. The Balaban J connectivity index is 1.76. The van der Waals surface area contributed by atoms with Crippen LogP contribution in [0.2, 0.25) is 0 Å². The van der Waals surface area contributed by atoms with Crippen molar-refractivity contribution in [1.29, 1.82) is 0 Å². The van der Waals surface area contributed by atoms with Crippen LogP contribution in [0, 0.1) is 11.8 Å². The van der Waals surface area contributed by atoms with Gasteiger partial charge >= 0.3 is 0 Å². The smallest absolute Gasteiger partial charge is 0.255 e. The monoisotopic (exact) mass is 326 g/mol. The summed E-state index contributed by atoms with van der Waals surface area (Å²) in [5.74, 6) is 5.05. The summed E-state index contributed by atoms with van der Waals surface area (Å²) in [7, 11) is 0. The Morgan fingerprint density at radius 1 is 1.29 bits per heavy atom. The Labute approximate surface area is 139 Å². The number of fused-ring (bicyclic) bond motifs is 1. The van der Waals surface area contributed by atoms with Gasteiger partial charge in [0.15, 0.2) is 0 Å². The van der Waals surface area contributed by atoms with Crippen LogP contribution in [-0.4, -0.2) is 40.4 Å². The van der Waals surface area contributed by atoms with Crippen LogP contribution in [0.4, 0.5) is 0 Å². The van der Waals surface area contributed by atoms with Crippen LogP contribution in [0.5, 0.6) is 0 Å². The number of benzene rings is 1. The molecule has 24 heavy (non-hydrogen) atoms. The van der Waals surface area contributed by atoms with Gasteiger partial charge in [0.05, 0.1) is 0 Å². The Kier molecular flexibility index (Phi) is 4.63. The number of hydrogen-bond acceptors (Lipinski definition) is 4. The molecule has 1 aromatic rings. The highest BCUT2D eigenvalue weighted by Crippen LogP contribution is 2.28. The summed E-state index contributed by atoms with van der Waals surface area (Å²) in [6.07, 6.45) is 1.83. The van der Waals surface area contributed by atoms with Crippen molar-refractivity contribution >= 4 is 17.7 Å². The first-order chi connectivity index (χ1) is 11.6. The second-order valence-electron chi connectivity index (χ2n) is 5.90. The topological polar surface area (TPSA) is 86.7 Å². The molecule has 2 aliphatic heterocycles. The first kappa shape index (κ1) is 16.2. The van der Waals surface area contributed by atoms with E-state index in [1.807, 2.05) is 12.1 Å². The molecular formula is C18H18N2O4. The lowest BCUT2D eigenvalue weighted by Gasteiger charge is -2.29. The lowest BCUT2D eigenvalue weighted by molar-refractivity contribution is -0.136. The van der Waals surface area contributed by atoms with E-state index in [1.54, 1.807) is 6.07 Å². The molecule has 0 radical (unpaired) electrons. The van der Waals surface area contributed by atoms with Crippen LogP contribution in [-0.2, 0) is 16.1 Å². The molecule has 0 spiro atoms. The molecule has 1 fully saturated rings. The number of nitrogens with one attached hydrogen (secondary N) is 1. The molecule has 0 aromatic heterocycles. The van der Waals surface area contributed by atoms with Crippen LogP contribution in [0.15, 0.2) is 18.2 Å². The van der Waals surface area contributed by atoms with Crippen molar-refractivity contribution in [2.45, 2.75) is 38.3 Å². The first-order valence-electron chi connectivity index (χ1n) is 7.97. The Bertz CT molecular complexity index is 760. The summed E-state index contributed by atoms with van der Waals surface area (Å²) in [5, 5.41) is 11.0. The molecule has 2 heterocycles. The summed E-state index contributed by atoms with van der Waals surface area (Å²) in [6.45, 7) is 0.483. The third-order valence-corrected chi connectivity index (χ3v) is 4.22. The highest BCUT2D eigenvalue weighted by Gasteiger charge is 2.38. The zero-order valence-corrected chi connectivity index (χ0v) is 13.2. The van der Waals surface area contributed by atoms with Crippen molar-refractivity contribution in [3.63, 3.8) is 0 Å². The van der Waals surface area contributed by atoms with Gasteiger partial charge in [0.1, 0.15) is 6.04 Å². The van der Waals surface area contributed by atoms with Crippen molar-refractivity contribution in [1.82, 2.24) is 10.2 Å². The molecule has 1 unspecified atom stereocenters. The van der Waals surface area contributed by atoms with E-state index < -0.39 is 11.9 Å². The second-order valence-corrected chi connectivity index (χ2v) is 5.90. The van der Waals surface area contributed by atoms with Gasteiger partial charge in [0.25, 0.3) is 5.91 Å². The number of rotatable bonds is 3. The SMILES string of the molecule is O=C1CCC(N2Cc3ccc(C#CCCCO)cc3C2=O)C(=O)N1. The molecule has 0 saturated carbocycles. The van der Waals surface area contributed by atoms with Crippen LogP contribution >= 0.6 is 0 Å². The molecule has 3 amide bonds. The number of imide groups is 1. The van der Waals surface area contributed by atoms with Gasteiger partial charge in [0.2, 0.25) is 11.8 Å². The van der Waals surface area contributed by atoms with Crippen molar-refractivity contribution in [2.75, 3.05) is 6.61 Å². The van der Waals surface area contributed by atoms with Crippen LogP contribution in [0.25, 0.3) is 0 Å². The predicted molar refractivity (Wildman–Crippen MR) is 85.7 cm³/mol.